The van der Waals surface area contributed by atoms with E-state index >= 15 is 0 Å². The number of carbonyl (C=O) groups excluding carboxylic acids is 1. The van der Waals surface area contributed by atoms with E-state index in [9.17, 15) is 9.90 Å². The summed E-state index contributed by atoms with van der Waals surface area (Å²) in [5.41, 5.74) is 0.951. The average molecular weight is 298 g/mol. The van der Waals surface area contributed by atoms with Crippen LogP contribution >= 0.6 is 0 Å². The number of pyridine rings is 1. The lowest BCUT2D eigenvalue weighted by molar-refractivity contribution is -0.0590. The first-order valence-electron chi connectivity index (χ1n) is 7.64. The molecule has 0 aliphatic carbocycles. The molecule has 0 radical (unpaired) electrons. The van der Waals surface area contributed by atoms with Crippen LogP contribution in [0.4, 0.5) is 0 Å². The molecule has 2 saturated heterocycles. The van der Waals surface area contributed by atoms with E-state index in [4.69, 9.17) is 4.74 Å². The SMILES string of the molecule is O=C(c1ccc2ncccc2c1)N1C[C@H](O)[C@]2(CCCO2)C1. The van der Waals surface area contributed by atoms with Crippen LogP contribution in [0.25, 0.3) is 10.9 Å². The maximum Gasteiger partial charge on any atom is 0.254 e. The van der Waals surface area contributed by atoms with Crippen molar-refractivity contribution >= 4 is 16.8 Å². The number of hydrogen-bond donors (Lipinski definition) is 1. The van der Waals surface area contributed by atoms with Crippen LogP contribution in [0.2, 0.25) is 0 Å². The molecule has 2 atom stereocenters. The number of ether oxygens (including phenoxy) is 1. The van der Waals surface area contributed by atoms with Crippen LogP contribution in [-0.2, 0) is 4.74 Å². The van der Waals surface area contributed by atoms with Gasteiger partial charge in [-0.15, -0.1) is 0 Å². The Morgan fingerprint density at radius 2 is 2.32 bits per heavy atom. The van der Waals surface area contributed by atoms with E-state index < -0.39 is 11.7 Å². The average Bonchev–Trinajstić information content (AvgIpc) is 3.15. The highest BCUT2D eigenvalue weighted by molar-refractivity contribution is 5.98. The van der Waals surface area contributed by atoms with Crippen molar-refractivity contribution in [1.29, 1.82) is 0 Å². The Balaban J connectivity index is 1.61. The van der Waals surface area contributed by atoms with E-state index in [0.717, 1.165) is 23.7 Å². The van der Waals surface area contributed by atoms with Gasteiger partial charge in [0, 0.05) is 30.3 Å². The molecule has 5 nitrogen and oxygen atoms in total. The maximum atomic E-state index is 12.7. The van der Waals surface area contributed by atoms with Crippen LogP contribution in [0.15, 0.2) is 36.5 Å². The molecule has 2 aromatic rings. The molecule has 0 saturated carbocycles. The number of fused-ring (bicyclic) bond motifs is 1. The monoisotopic (exact) mass is 298 g/mol. The number of β-amino-alcohol motifs (C(OH)–C–C–N with tert-alkyl or cyclic N) is 1. The fraction of sp³-hybridized carbons (Fsp3) is 0.412. The number of amides is 1. The largest absolute Gasteiger partial charge is 0.388 e. The van der Waals surface area contributed by atoms with Crippen molar-refractivity contribution in [3.63, 3.8) is 0 Å². The lowest BCUT2D eigenvalue weighted by atomic mass is 9.97. The number of aromatic nitrogens is 1. The molecular formula is C17H18N2O3. The van der Waals surface area contributed by atoms with Gasteiger partial charge in [0.1, 0.15) is 11.7 Å². The van der Waals surface area contributed by atoms with Gasteiger partial charge in [-0.3, -0.25) is 9.78 Å². The molecular weight excluding hydrogens is 280 g/mol. The van der Waals surface area contributed by atoms with Crippen LogP contribution in [0, 0.1) is 0 Å². The summed E-state index contributed by atoms with van der Waals surface area (Å²) in [5, 5.41) is 11.2. The first-order valence-corrected chi connectivity index (χ1v) is 7.64. The number of aliphatic hydroxyl groups is 1. The van der Waals surface area contributed by atoms with Crippen molar-refractivity contribution < 1.29 is 14.6 Å². The first kappa shape index (κ1) is 13.7. The lowest BCUT2D eigenvalue weighted by Gasteiger charge is -2.25. The van der Waals surface area contributed by atoms with Crippen LogP contribution < -0.4 is 0 Å². The number of likely N-dealkylation sites (tertiary alicyclic amines) is 1. The van der Waals surface area contributed by atoms with Gasteiger partial charge in [-0.1, -0.05) is 6.07 Å². The van der Waals surface area contributed by atoms with E-state index in [1.54, 1.807) is 17.2 Å². The number of benzene rings is 1. The Bertz CT molecular complexity index is 725. The fourth-order valence-corrected chi connectivity index (χ4v) is 3.52. The molecule has 1 aromatic carbocycles. The molecule has 1 amide bonds. The van der Waals surface area contributed by atoms with Gasteiger partial charge in [-0.05, 0) is 37.1 Å². The Hall–Kier alpha value is -1.98. The van der Waals surface area contributed by atoms with E-state index in [2.05, 4.69) is 4.98 Å². The predicted octanol–water partition coefficient (Wildman–Crippen LogP) is 1.60. The summed E-state index contributed by atoms with van der Waals surface area (Å²) in [6, 6.07) is 9.32. The molecule has 114 valence electrons. The second-order valence-corrected chi connectivity index (χ2v) is 6.13. The van der Waals surface area contributed by atoms with Crippen LogP contribution in [0.3, 0.4) is 0 Å². The summed E-state index contributed by atoms with van der Waals surface area (Å²) in [4.78, 5) is 18.7. The van der Waals surface area contributed by atoms with Crippen LogP contribution in [0.5, 0.6) is 0 Å². The summed E-state index contributed by atoms with van der Waals surface area (Å²) in [7, 11) is 0. The van der Waals surface area contributed by atoms with Crippen molar-refractivity contribution in [1.82, 2.24) is 9.88 Å². The Kier molecular flexibility index (Phi) is 3.13. The number of carbonyl (C=O) groups is 1. The van der Waals surface area contributed by atoms with Crippen molar-refractivity contribution in [2.45, 2.75) is 24.5 Å². The zero-order valence-electron chi connectivity index (χ0n) is 12.2. The molecule has 22 heavy (non-hydrogen) atoms. The number of aliphatic hydroxyl groups excluding tert-OH is 1. The molecule has 2 aliphatic heterocycles. The summed E-state index contributed by atoms with van der Waals surface area (Å²) < 4.78 is 5.75. The third-order valence-electron chi connectivity index (χ3n) is 4.73. The molecule has 0 bridgehead atoms. The fourth-order valence-electron chi connectivity index (χ4n) is 3.52. The smallest absolute Gasteiger partial charge is 0.254 e. The lowest BCUT2D eigenvalue weighted by Crippen LogP contribution is -2.41. The highest BCUT2D eigenvalue weighted by Crippen LogP contribution is 2.35. The molecule has 2 fully saturated rings. The Morgan fingerprint density at radius 3 is 3.14 bits per heavy atom. The third kappa shape index (κ3) is 2.09. The maximum absolute atomic E-state index is 12.7. The molecule has 2 aliphatic rings. The number of nitrogens with zero attached hydrogens (tertiary/aromatic N) is 2. The summed E-state index contributed by atoms with van der Waals surface area (Å²) in [6.07, 6.45) is 2.91. The van der Waals surface area contributed by atoms with Gasteiger partial charge in [0.2, 0.25) is 0 Å². The van der Waals surface area contributed by atoms with Gasteiger partial charge in [-0.2, -0.15) is 0 Å². The summed E-state index contributed by atoms with van der Waals surface area (Å²) in [5.74, 6) is -0.0582. The van der Waals surface area contributed by atoms with Gasteiger partial charge in [-0.25, -0.2) is 0 Å². The zero-order valence-corrected chi connectivity index (χ0v) is 12.2. The summed E-state index contributed by atoms with van der Waals surface area (Å²) in [6.45, 7) is 1.47. The van der Waals surface area contributed by atoms with Crippen molar-refractivity contribution in [3.05, 3.63) is 42.1 Å². The van der Waals surface area contributed by atoms with Crippen molar-refractivity contribution in [2.75, 3.05) is 19.7 Å². The van der Waals surface area contributed by atoms with Crippen molar-refractivity contribution in [2.24, 2.45) is 0 Å². The van der Waals surface area contributed by atoms with Gasteiger partial charge in [0.05, 0.1) is 12.1 Å². The van der Waals surface area contributed by atoms with Crippen LogP contribution in [0.1, 0.15) is 23.2 Å². The van der Waals surface area contributed by atoms with Gasteiger partial charge < -0.3 is 14.7 Å². The highest BCUT2D eigenvalue weighted by Gasteiger charge is 2.50. The second kappa shape index (κ2) is 5.04. The number of rotatable bonds is 1. The Labute approximate surface area is 128 Å². The number of hydrogen-bond acceptors (Lipinski definition) is 4. The molecule has 1 N–H and O–H groups in total. The van der Waals surface area contributed by atoms with E-state index in [1.807, 2.05) is 24.3 Å². The molecule has 4 rings (SSSR count). The quantitative estimate of drug-likeness (QED) is 0.868. The highest BCUT2D eigenvalue weighted by atomic mass is 16.5. The van der Waals surface area contributed by atoms with Crippen LogP contribution in [-0.4, -0.2) is 52.3 Å². The minimum absolute atomic E-state index is 0.0582. The predicted molar refractivity (Wildman–Crippen MR) is 81.6 cm³/mol. The Morgan fingerprint density at radius 1 is 1.41 bits per heavy atom. The molecule has 1 spiro atoms. The topological polar surface area (TPSA) is 62.7 Å². The minimum atomic E-state index is -0.596. The van der Waals surface area contributed by atoms with E-state index in [0.29, 0.717) is 25.3 Å². The van der Waals surface area contributed by atoms with Gasteiger partial charge >= 0.3 is 0 Å². The normalized spacial score (nSPS) is 27.9. The van der Waals surface area contributed by atoms with Gasteiger partial charge in [0.25, 0.3) is 5.91 Å². The first-order chi connectivity index (χ1) is 10.7. The second-order valence-electron chi connectivity index (χ2n) is 6.13. The van der Waals surface area contributed by atoms with E-state index in [-0.39, 0.29) is 5.91 Å². The molecule has 1 aromatic heterocycles. The standard InChI is InChI=1S/C17H18N2O3/c20-15-10-19(11-17(15)6-2-8-22-17)16(21)13-4-5-14-12(9-13)3-1-7-18-14/h1,3-5,7,9,15,20H,2,6,8,10-11H2/t15-,17-/m0/s1. The molecule has 5 heteroatoms. The van der Waals surface area contributed by atoms with Crippen molar-refractivity contribution in [3.8, 4) is 0 Å². The zero-order chi connectivity index (χ0) is 15.2. The summed E-state index contributed by atoms with van der Waals surface area (Å²) >= 11 is 0. The third-order valence-corrected chi connectivity index (χ3v) is 4.73. The molecule has 3 heterocycles. The van der Waals surface area contributed by atoms with Gasteiger partial charge in [0.15, 0.2) is 0 Å². The minimum Gasteiger partial charge on any atom is -0.388 e. The molecule has 0 unspecified atom stereocenters. The van der Waals surface area contributed by atoms with E-state index in [1.165, 1.54) is 0 Å².